The second kappa shape index (κ2) is 4.98. The normalized spacial score (nSPS) is 17.7. The van der Waals surface area contributed by atoms with Gasteiger partial charge in [-0.2, -0.15) is 0 Å². The van der Waals surface area contributed by atoms with Gasteiger partial charge >= 0.3 is 0 Å². The maximum Gasteiger partial charge on any atom is 0.0155 e. The first-order valence-electron chi connectivity index (χ1n) is 8.61. The summed E-state index contributed by atoms with van der Waals surface area (Å²) in [4.78, 5) is 0. The molecule has 0 bridgehead atoms. The van der Waals surface area contributed by atoms with E-state index in [4.69, 9.17) is 0 Å². The summed E-state index contributed by atoms with van der Waals surface area (Å²) in [6.45, 7) is 14.2. The molecule has 22 heavy (non-hydrogen) atoms. The zero-order valence-electron chi connectivity index (χ0n) is 14.9. The Morgan fingerprint density at radius 1 is 0.636 bits per heavy atom. The maximum atomic E-state index is 2.40. The van der Waals surface area contributed by atoms with Crippen LogP contribution in [0.15, 0.2) is 36.4 Å². The minimum Gasteiger partial charge on any atom is -0.0617 e. The number of aryl methyl sites for hydroxylation is 2. The lowest BCUT2D eigenvalue weighted by Crippen LogP contribution is -2.38. The Hall–Kier alpha value is -1.56. The fourth-order valence-electron chi connectivity index (χ4n) is 4.58. The summed E-state index contributed by atoms with van der Waals surface area (Å²) < 4.78 is 0. The van der Waals surface area contributed by atoms with Crippen LogP contribution in [0.3, 0.4) is 0 Å². The average Bonchev–Trinajstić information content (AvgIpc) is 2.52. The van der Waals surface area contributed by atoms with Crippen molar-refractivity contribution < 1.29 is 0 Å². The van der Waals surface area contributed by atoms with E-state index in [9.17, 15) is 0 Å². The van der Waals surface area contributed by atoms with Crippen LogP contribution in [0.25, 0.3) is 0 Å². The lowest BCUT2D eigenvalue weighted by atomic mass is 9.58. The van der Waals surface area contributed by atoms with Crippen LogP contribution < -0.4 is 0 Å². The zero-order valence-corrected chi connectivity index (χ0v) is 14.9. The van der Waals surface area contributed by atoms with E-state index in [0.717, 1.165) is 12.8 Å². The average molecular weight is 292 g/mol. The smallest absolute Gasteiger partial charge is 0.0155 e. The lowest BCUT2D eigenvalue weighted by Gasteiger charge is -2.46. The molecule has 0 N–H and O–H groups in total. The minimum atomic E-state index is 0.0813. The van der Waals surface area contributed by atoms with Gasteiger partial charge in [-0.25, -0.2) is 0 Å². The van der Waals surface area contributed by atoms with Gasteiger partial charge in [0, 0.05) is 10.8 Å². The Bertz CT molecular complexity index is 653. The molecule has 0 heteroatoms. The largest absolute Gasteiger partial charge is 0.0617 e. The Morgan fingerprint density at radius 3 is 1.32 bits per heavy atom. The van der Waals surface area contributed by atoms with Crippen LogP contribution in [0.5, 0.6) is 0 Å². The molecule has 0 amide bonds. The Balaban J connectivity index is 2.44. The third-order valence-electron chi connectivity index (χ3n) is 5.66. The first-order chi connectivity index (χ1) is 10.4. The highest BCUT2D eigenvalue weighted by Crippen LogP contribution is 2.51. The van der Waals surface area contributed by atoms with Crippen LogP contribution in [0, 0.1) is 0 Å². The van der Waals surface area contributed by atoms with Gasteiger partial charge in [-0.1, -0.05) is 77.9 Å². The molecule has 2 aromatic carbocycles. The molecule has 0 aliphatic heterocycles. The van der Waals surface area contributed by atoms with Crippen LogP contribution in [0.4, 0.5) is 0 Å². The molecule has 0 heterocycles. The molecule has 0 saturated carbocycles. The van der Waals surface area contributed by atoms with Gasteiger partial charge in [-0.3, -0.25) is 0 Å². The number of hydrogen-bond donors (Lipinski definition) is 0. The molecule has 3 rings (SSSR count). The van der Waals surface area contributed by atoms with Gasteiger partial charge in [0.15, 0.2) is 0 Å². The highest BCUT2D eigenvalue weighted by molar-refractivity contribution is 5.62. The van der Waals surface area contributed by atoms with Gasteiger partial charge in [-0.15, -0.1) is 0 Å². The van der Waals surface area contributed by atoms with Crippen molar-refractivity contribution in [3.8, 4) is 0 Å². The summed E-state index contributed by atoms with van der Waals surface area (Å²) in [5.74, 6) is 0. The molecule has 1 aliphatic carbocycles. The third kappa shape index (κ3) is 1.89. The second-order valence-electron chi connectivity index (χ2n) is 7.64. The van der Waals surface area contributed by atoms with Crippen molar-refractivity contribution in [2.75, 3.05) is 0 Å². The standard InChI is InChI=1S/C22H28/c1-7-15-11-9-13-17-19(15)21(3,4)18-14-10-12-16(8-2)20(18)22(17,5)6/h9-14H,7-8H2,1-6H3. The van der Waals surface area contributed by atoms with Crippen molar-refractivity contribution in [1.82, 2.24) is 0 Å². The van der Waals surface area contributed by atoms with E-state index in [0.29, 0.717) is 0 Å². The first-order valence-corrected chi connectivity index (χ1v) is 8.61. The van der Waals surface area contributed by atoms with Gasteiger partial charge in [0.05, 0.1) is 0 Å². The predicted molar refractivity (Wildman–Crippen MR) is 95.9 cm³/mol. The van der Waals surface area contributed by atoms with Crippen LogP contribution >= 0.6 is 0 Å². The van der Waals surface area contributed by atoms with Crippen molar-refractivity contribution in [1.29, 1.82) is 0 Å². The van der Waals surface area contributed by atoms with Crippen molar-refractivity contribution in [2.45, 2.75) is 65.2 Å². The van der Waals surface area contributed by atoms with Crippen LogP contribution in [0.2, 0.25) is 0 Å². The molecule has 0 atom stereocenters. The van der Waals surface area contributed by atoms with E-state index in [2.05, 4.69) is 77.9 Å². The topological polar surface area (TPSA) is 0 Å². The van der Waals surface area contributed by atoms with E-state index in [1.54, 1.807) is 11.1 Å². The van der Waals surface area contributed by atoms with E-state index in [1.165, 1.54) is 22.3 Å². The molecule has 0 nitrogen and oxygen atoms in total. The molecule has 116 valence electrons. The van der Waals surface area contributed by atoms with E-state index < -0.39 is 0 Å². The van der Waals surface area contributed by atoms with Crippen molar-refractivity contribution in [3.05, 3.63) is 69.8 Å². The first kappa shape index (κ1) is 15.3. The summed E-state index contributed by atoms with van der Waals surface area (Å²) in [7, 11) is 0. The van der Waals surface area contributed by atoms with Crippen LogP contribution in [0.1, 0.15) is 74.9 Å². The fourth-order valence-corrected chi connectivity index (χ4v) is 4.58. The van der Waals surface area contributed by atoms with Crippen molar-refractivity contribution >= 4 is 0 Å². The quantitative estimate of drug-likeness (QED) is 0.658. The lowest BCUT2D eigenvalue weighted by molar-refractivity contribution is 0.511. The molecule has 0 aromatic heterocycles. The Labute approximate surface area is 135 Å². The summed E-state index contributed by atoms with van der Waals surface area (Å²) in [6, 6.07) is 13.8. The maximum absolute atomic E-state index is 2.40. The van der Waals surface area contributed by atoms with E-state index in [-0.39, 0.29) is 10.8 Å². The molecule has 0 fully saturated rings. The van der Waals surface area contributed by atoms with E-state index >= 15 is 0 Å². The third-order valence-corrected chi connectivity index (χ3v) is 5.66. The van der Waals surface area contributed by atoms with Crippen molar-refractivity contribution in [2.24, 2.45) is 0 Å². The molecule has 1 aliphatic rings. The Morgan fingerprint density at radius 2 is 1.00 bits per heavy atom. The summed E-state index contributed by atoms with van der Waals surface area (Å²) in [6.07, 6.45) is 2.21. The van der Waals surface area contributed by atoms with Gasteiger partial charge in [0.25, 0.3) is 0 Å². The second-order valence-corrected chi connectivity index (χ2v) is 7.64. The zero-order chi connectivity index (χ0) is 16.1. The number of benzene rings is 2. The SMILES string of the molecule is CCc1cccc2c1C(C)(C)c1cccc(CC)c1C2(C)C. The number of hydrogen-bond acceptors (Lipinski definition) is 0. The highest BCUT2D eigenvalue weighted by atomic mass is 14.5. The molecule has 0 spiro atoms. The summed E-state index contributed by atoms with van der Waals surface area (Å²) >= 11 is 0. The summed E-state index contributed by atoms with van der Waals surface area (Å²) in [5.41, 5.74) is 9.32. The van der Waals surface area contributed by atoms with E-state index in [1.807, 2.05) is 0 Å². The summed E-state index contributed by atoms with van der Waals surface area (Å²) in [5, 5.41) is 0. The molecule has 0 unspecified atom stereocenters. The molecule has 0 radical (unpaired) electrons. The highest BCUT2D eigenvalue weighted by Gasteiger charge is 2.43. The van der Waals surface area contributed by atoms with Crippen LogP contribution in [-0.4, -0.2) is 0 Å². The minimum absolute atomic E-state index is 0.0813. The van der Waals surface area contributed by atoms with Gasteiger partial charge < -0.3 is 0 Å². The predicted octanol–water partition coefficient (Wildman–Crippen LogP) is 5.78. The van der Waals surface area contributed by atoms with Crippen molar-refractivity contribution in [3.63, 3.8) is 0 Å². The molecular weight excluding hydrogens is 264 g/mol. The molecule has 0 saturated heterocycles. The Kier molecular flexibility index (Phi) is 3.47. The van der Waals surface area contributed by atoms with Crippen LogP contribution in [-0.2, 0) is 23.7 Å². The monoisotopic (exact) mass is 292 g/mol. The fraction of sp³-hybridized carbons (Fsp3) is 0.455. The molecule has 2 aromatic rings. The number of rotatable bonds is 2. The van der Waals surface area contributed by atoms with Gasteiger partial charge in [-0.05, 0) is 46.2 Å². The van der Waals surface area contributed by atoms with Gasteiger partial charge in [0.2, 0.25) is 0 Å². The number of fused-ring (bicyclic) bond motifs is 2. The molecular formula is C22H28. The van der Waals surface area contributed by atoms with Gasteiger partial charge in [0.1, 0.15) is 0 Å².